The van der Waals surface area contributed by atoms with Crippen LogP contribution in [0.4, 0.5) is 0 Å². The summed E-state index contributed by atoms with van der Waals surface area (Å²) in [6, 6.07) is 2.23. The number of methoxy groups -OCH3 is 2. The number of ether oxygens (including phenoxy) is 2. The summed E-state index contributed by atoms with van der Waals surface area (Å²) in [7, 11) is -1.62. The summed E-state index contributed by atoms with van der Waals surface area (Å²) >= 11 is 0. The monoisotopic (exact) mass is 317 g/mol. The van der Waals surface area contributed by atoms with Crippen molar-refractivity contribution < 1.29 is 32.6 Å². The molecule has 0 saturated heterocycles. The molecule has 0 unspecified atom stereocenters. The quantitative estimate of drug-likeness (QED) is 0.721. The Morgan fingerprint density at radius 2 is 1.90 bits per heavy atom. The lowest BCUT2D eigenvalue weighted by Crippen LogP contribution is -2.38. The third-order valence-electron chi connectivity index (χ3n) is 2.59. The van der Waals surface area contributed by atoms with Crippen LogP contribution in [-0.4, -0.2) is 45.7 Å². The third kappa shape index (κ3) is 3.92. The Balaban J connectivity index is 3.25. The van der Waals surface area contributed by atoms with Gasteiger partial charge in [-0.3, -0.25) is 4.79 Å². The summed E-state index contributed by atoms with van der Waals surface area (Å²) in [5, 5.41) is 8.73. The lowest BCUT2D eigenvalue weighted by atomic mass is 10.2. The molecule has 0 spiro atoms. The van der Waals surface area contributed by atoms with Crippen molar-refractivity contribution >= 4 is 22.0 Å². The number of sulfonamides is 1. The van der Waals surface area contributed by atoms with Crippen LogP contribution in [-0.2, 0) is 19.6 Å². The molecule has 1 aromatic rings. The summed E-state index contributed by atoms with van der Waals surface area (Å²) in [6.45, 7) is 1.19. The highest BCUT2D eigenvalue weighted by Gasteiger charge is 2.24. The Kier molecular flexibility index (Phi) is 5.28. The van der Waals surface area contributed by atoms with E-state index in [1.807, 2.05) is 4.72 Å². The SMILES string of the molecule is COC(=O)c1cc(S(=O)(=O)N[C@H](C)C(=O)O)ccc1OC. The second-order valence-corrected chi connectivity index (χ2v) is 5.75. The van der Waals surface area contributed by atoms with E-state index in [9.17, 15) is 18.0 Å². The molecular formula is C12H15NO7S. The Hall–Kier alpha value is -2.13. The molecule has 8 nitrogen and oxygen atoms in total. The van der Waals surface area contributed by atoms with Gasteiger partial charge in [0.1, 0.15) is 17.4 Å². The summed E-state index contributed by atoms with van der Waals surface area (Å²) in [6.07, 6.45) is 0. The van der Waals surface area contributed by atoms with Crippen LogP contribution in [0, 0.1) is 0 Å². The molecular weight excluding hydrogens is 302 g/mol. The average Bonchev–Trinajstić information content (AvgIpc) is 2.45. The van der Waals surface area contributed by atoms with Gasteiger partial charge in [0.25, 0.3) is 0 Å². The standard InChI is InChI=1S/C12H15NO7S/c1-7(11(14)15)13-21(17,18)8-4-5-10(19-2)9(6-8)12(16)20-3/h4-7,13H,1-3H3,(H,14,15)/t7-/m1/s1. The summed E-state index contributed by atoms with van der Waals surface area (Å²) in [5.74, 6) is -1.94. The molecule has 9 heteroatoms. The second-order valence-electron chi connectivity index (χ2n) is 4.03. The van der Waals surface area contributed by atoms with Gasteiger partial charge in [0.2, 0.25) is 10.0 Å². The first-order chi connectivity index (χ1) is 9.72. The zero-order chi connectivity index (χ0) is 16.2. The number of esters is 1. The summed E-state index contributed by atoms with van der Waals surface area (Å²) in [4.78, 5) is 22.0. The predicted octanol–water partition coefficient (Wildman–Crippen LogP) is 0.233. The lowest BCUT2D eigenvalue weighted by Gasteiger charge is -2.12. The topological polar surface area (TPSA) is 119 Å². The maximum atomic E-state index is 12.0. The minimum atomic E-state index is -4.09. The van der Waals surface area contributed by atoms with E-state index in [0.29, 0.717) is 0 Å². The van der Waals surface area contributed by atoms with Gasteiger partial charge in [0.05, 0.1) is 19.1 Å². The molecule has 0 amide bonds. The zero-order valence-electron chi connectivity index (χ0n) is 11.6. The Morgan fingerprint density at radius 3 is 2.38 bits per heavy atom. The number of hydrogen-bond donors (Lipinski definition) is 2. The summed E-state index contributed by atoms with van der Waals surface area (Å²) < 4.78 is 35.5. The number of aliphatic carboxylic acids is 1. The Morgan fingerprint density at radius 1 is 1.29 bits per heavy atom. The Bertz CT molecular complexity index is 654. The van der Waals surface area contributed by atoms with Crippen molar-refractivity contribution in [3.63, 3.8) is 0 Å². The zero-order valence-corrected chi connectivity index (χ0v) is 12.4. The number of rotatable bonds is 6. The molecule has 116 valence electrons. The van der Waals surface area contributed by atoms with E-state index in [1.165, 1.54) is 26.2 Å². The molecule has 0 aliphatic heterocycles. The molecule has 21 heavy (non-hydrogen) atoms. The normalized spacial score (nSPS) is 12.5. The van der Waals surface area contributed by atoms with Crippen LogP contribution in [0.15, 0.2) is 23.1 Å². The van der Waals surface area contributed by atoms with Crippen molar-refractivity contribution in [3.8, 4) is 5.75 Å². The Labute approximate surface area is 121 Å². The maximum absolute atomic E-state index is 12.0. The average molecular weight is 317 g/mol. The minimum Gasteiger partial charge on any atom is -0.496 e. The smallest absolute Gasteiger partial charge is 0.341 e. The molecule has 0 fully saturated rings. The highest BCUT2D eigenvalue weighted by atomic mass is 32.2. The number of carbonyl (C=O) groups is 2. The van der Waals surface area contributed by atoms with Crippen molar-refractivity contribution in [2.45, 2.75) is 17.9 Å². The maximum Gasteiger partial charge on any atom is 0.341 e. The van der Waals surface area contributed by atoms with E-state index in [4.69, 9.17) is 9.84 Å². The molecule has 1 atom stereocenters. The highest BCUT2D eigenvalue weighted by molar-refractivity contribution is 7.89. The van der Waals surface area contributed by atoms with Crippen LogP contribution in [0.3, 0.4) is 0 Å². The van der Waals surface area contributed by atoms with Gasteiger partial charge < -0.3 is 14.6 Å². The predicted molar refractivity (Wildman–Crippen MR) is 71.8 cm³/mol. The van der Waals surface area contributed by atoms with Crippen molar-refractivity contribution in [1.82, 2.24) is 4.72 Å². The van der Waals surface area contributed by atoms with Crippen LogP contribution in [0.1, 0.15) is 17.3 Å². The first-order valence-electron chi connectivity index (χ1n) is 5.74. The fourth-order valence-corrected chi connectivity index (χ4v) is 2.70. The molecule has 0 aromatic heterocycles. The molecule has 0 aliphatic carbocycles. The first-order valence-corrected chi connectivity index (χ1v) is 7.22. The van der Waals surface area contributed by atoms with Gasteiger partial charge in [0.15, 0.2) is 0 Å². The van der Waals surface area contributed by atoms with Crippen LogP contribution in [0.2, 0.25) is 0 Å². The molecule has 0 radical (unpaired) electrons. The highest BCUT2D eigenvalue weighted by Crippen LogP contribution is 2.23. The van der Waals surface area contributed by atoms with Crippen molar-refractivity contribution in [1.29, 1.82) is 0 Å². The fourth-order valence-electron chi connectivity index (χ4n) is 1.47. The number of hydrogen-bond acceptors (Lipinski definition) is 6. The lowest BCUT2D eigenvalue weighted by molar-refractivity contribution is -0.138. The number of benzene rings is 1. The number of carboxylic acid groups (broad SMARTS) is 1. The second kappa shape index (κ2) is 6.55. The fraction of sp³-hybridized carbons (Fsp3) is 0.333. The third-order valence-corrected chi connectivity index (χ3v) is 4.13. The molecule has 0 heterocycles. The van der Waals surface area contributed by atoms with E-state index < -0.39 is 28.0 Å². The van der Waals surface area contributed by atoms with Gasteiger partial charge in [-0.1, -0.05) is 0 Å². The molecule has 2 N–H and O–H groups in total. The van der Waals surface area contributed by atoms with E-state index in [2.05, 4.69) is 4.74 Å². The molecule has 1 rings (SSSR count). The van der Waals surface area contributed by atoms with E-state index >= 15 is 0 Å². The first kappa shape index (κ1) is 16.9. The van der Waals surface area contributed by atoms with E-state index in [0.717, 1.165) is 13.2 Å². The van der Waals surface area contributed by atoms with Gasteiger partial charge in [0, 0.05) is 0 Å². The van der Waals surface area contributed by atoms with Crippen molar-refractivity contribution in [2.75, 3.05) is 14.2 Å². The van der Waals surface area contributed by atoms with Gasteiger partial charge >= 0.3 is 11.9 Å². The minimum absolute atomic E-state index is 0.0779. The summed E-state index contributed by atoms with van der Waals surface area (Å²) in [5.41, 5.74) is -0.0779. The molecule has 0 saturated carbocycles. The van der Waals surface area contributed by atoms with Crippen molar-refractivity contribution in [3.05, 3.63) is 23.8 Å². The number of nitrogens with one attached hydrogen (secondary N) is 1. The molecule has 0 bridgehead atoms. The number of carbonyl (C=O) groups excluding carboxylic acids is 1. The van der Waals surface area contributed by atoms with Crippen LogP contribution >= 0.6 is 0 Å². The molecule has 0 aliphatic rings. The van der Waals surface area contributed by atoms with Gasteiger partial charge in [-0.15, -0.1) is 0 Å². The van der Waals surface area contributed by atoms with Crippen molar-refractivity contribution in [2.24, 2.45) is 0 Å². The molecule has 1 aromatic carbocycles. The largest absolute Gasteiger partial charge is 0.496 e. The van der Waals surface area contributed by atoms with E-state index in [-0.39, 0.29) is 16.2 Å². The van der Waals surface area contributed by atoms with Gasteiger partial charge in [-0.05, 0) is 25.1 Å². The number of carboxylic acids is 1. The van der Waals surface area contributed by atoms with Gasteiger partial charge in [-0.25, -0.2) is 13.2 Å². The van der Waals surface area contributed by atoms with Crippen LogP contribution in [0.5, 0.6) is 5.75 Å². The van der Waals surface area contributed by atoms with E-state index in [1.54, 1.807) is 0 Å². The van der Waals surface area contributed by atoms with Crippen LogP contribution in [0.25, 0.3) is 0 Å². The van der Waals surface area contributed by atoms with Gasteiger partial charge in [-0.2, -0.15) is 4.72 Å². The van der Waals surface area contributed by atoms with Crippen LogP contribution < -0.4 is 9.46 Å².